The van der Waals surface area contributed by atoms with Crippen LogP contribution >= 0.6 is 0 Å². The minimum absolute atomic E-state index is 0.146. The molecule has 0 unspecified atom stereocenters. The predicted octanol–water partition coefficient (Wildman–Crippen LogP) is 1.41. The van der Waals surface area contributed by atoms with Crippen molar-refractivity contribution in [1.82, 2.24) is 0 Å². The maximum absolute atomic E-state index is 10.4. The second-order valence-electron chi connectivity index (χ2n) is 3.17. The maximum Gasteiger partial charge on any atom is 0.307 e. The number of carboxylic acid groups (broad SMARTS) is 1. The van der Waals surface area contributed by atoms with Gasteiger partial charge in [-0.05, 0) is 29.5 Å². The Hall–Kier alpha value is -1.31. The lowest BCUT2D eigenvalue weighted by Gasteiger charge is -2.18. The molecule has 2 rings (SSSR count). The Morgan fingerprint density at radius 1 is 1.33 bits per heavy atom. The summed E-state index contributed by atoms with van der Waals surface area (Å²) in [7, 11) is 0. The summed E-state index contributed by atoms with van der Waals surface area (Å²) >= 11 is 0. The Bertz CT molecular complexity index is 329. The van der Waals surface area contributed by atoms with Gasteiger partial charge in [-0.2, -0.15) is 0 Å². The van der Waals surface area contributed by atoms with Crippen LogP contribution < -0.4 is 0 Å². The molecule has 62 valence electrons. The van der Waals surface area contributed by atoms with Gasteiger partial charge in [0.1, 0.15) is 0 Å². The van der Waals surface area contributed by atoms with Crippen LogP contribution in [-0.2, 0) is 24.1 Å². The minimum Gasteiger partial charge on any atom is -0.481 e. The van der Waals surface area contributed by atoms with Crippen molar-refractivity contribution < 1.29 is 9.90 Å². The molecule has 1 aliphatic rings. The maximum atomic E-state index is 10.4. The summed E-state index contributed by atoms with van der Waals surface area (Å²) in [5, 5.41) is 8.55. The number of carbonyl (C=O) groups is 1. The van der Waals surface area contributed by atoms with Crippen LogP contribution in [0.3, 0.4) is 0 Å². The Kier molecular flexibility index (Phi) is 1.61. The molecular weight excluding hydrogens is 152 g/mol. The zero-order chi connectivity index (χ0) is 8.55. The third-order valence-electron chi connectivity index (χ3n) is 2.29. The molecule has 0 bridgehead atoms. The number of fused-ring (bicyclic) bond motifs is 1. The van der Waals surface area contributed by atoms with Crippen LogP contribution in [-0.4, -0.2) is 11.1 Å². The van der Waals surface area contributed by atoms with Gasteiger partial charge in [0.15, 0.2) is 0 Å². The highest BCUT2D eigenvalue weighted by atomic mass is 16.4. The van der Waals surface area contributed by atoms with E-state index in [1.807, 2.05) is 18.2 Å². The molecule has 12 heavy (non-hydrogen) atoms. The molecule has 1 aromatic carbocycles. The fraction of sp³-hybridized carbons (Fsp3) is 0.300. The van der Waals surface area contributed by atoms with Crippen molar-refractivity contribution in [3.05, 3.63) is 34.9 Å². The van der Waals surface area contributed by atoms with Crippen molar-refractivity contribution in [2.45, 2.75) is 19.3 Å². The molecule has 0 atom stereocenters. The number of aliphatic carboxylic acids is 1. The van der Waals surface area contributed by atoms with E-state index in [4.69, 9.17) is 5.11 Å². The average molecular weight is 162 g/mol. The molecule has 0 radical (unpaired) electrons. The van der Waals surface area contributed by atoms with Gasteiger partial charge in [-0.3, -0.25) is 4.79 Å². The SMILES string of the molecule is O=C(O)Cc1ccc2c(c1)CC2. The Morgan fingerprint density at radius 3 is 2.58 bits per heavy atom. The van der Waals surface area contributed by atoms with Crippen LogP contribution in [0.2, 0.25) is 0 Å². The summed E-state index contributed by atoms with van der Waals surface area (Å²) in [5.74, 6) is -0.755. The highest BCUT2D eigenvalue weighted by molar-refractivity contribution is 5.70. The molecule has 2 nitrogen and oxygen atoms in total. The van der Waals surface area contributed by atoms with Crippen molar-refractivity contribution >= 4 is 5.97 Å². The van der Waals surface area contributed by atoms with Gasteiger partial charge in [0.2, 0.25) is 0 Å². The first kappa shape index (κ1) is 7.35. The fourth-order valence-electron chi connectivity index (χ4n) is 1.53. The van der Waals surface area contributed by atoms with E-state index in [0.717, 1.165) is 18.4 Å². The van der Waals surface area contributed by atoms with E-state index in [0.29, 0.717) is 0 Å². The zero-order valence-corrected chi connectivity index (χ0v) is 6.71. The van der Waals surface area contributed by atoms with E-state index in [-0.39, 0.29) is 6.42 Å². The van der Waals surface area contributed by atoms with Gasteiger partial charge in [-0.15, -0.1) is 0 Å². The monoisotopic (exact) mass is 162 g/mol. The highest BCUT2D eigenvalue weighted by Gasteiger charge is 2.13. The number of aryl methyl sites for hydroxylation is 2. The van der Waals surface area contributed by atoms with Crippen LogP contribution in [0.5, 0.6) is 0 Å². The Morgan fingerprint density at radius 2 is 2.08 bits per heavy atom. The van der Waals surface area contributed by atoms with Crippen LogP contribution in [0.1, 0.15) is 16.7 Å². The Labute approximate surface area is 70.8 Å². The summed E-state index contributed by atoms with van der Waals surface area (Å²) in [6, 6.07) is 5.95. The van der Waals surface area contributed by atoms with Crippen molar-refractivity contribution in [3.8, 4) is 0 Å². The number of hydrogen-bond acceptors (Lipinski definition) is 1. The first-order valence-corrected chi connectivity index (χ1v) is 4.08. The Balaban J connectivity index is 2.23. The van der Waals surface area contributed by atoms with Gasteiger partial charge < -0.3 is 5.11 Å². The third-order valence-corrected chi connectivity index (χ3v) is 2.29. The molecule has 1 N–H and O–H groups in total. The minimum atomic E-state index is -0.755. The van der Waals surface area contributed by atoms with E-state index in [1.165, 1.54) is 11.1 Å². The zero-order valence-electron chi connectivity index (χ0n) is 6.71. The van der Waals surface area contributed by atoms with Gasteiger partial charge in [0.05, 0.1) is 6.42 Å². The van der Waals surface area contributed by atoms with E-state index in [9.17, 15) is 4.79 Å². The quantitative estimate of drug-likeness (QED) is 0.714. The molecule has 0 spiro atoms. The lowest BCUT2D eigenvalue weighted by molar-refractivity contribution is -0.136. The molecule has 0 saturated carbocycles. The van der Waals surface area contributed by atoms with Crippen molar-refractivity contribution in [3.63, 3.8) is 0 Å². The van der Waals surface area contributed by atoms with Crippen molar-refractivity contribution in [1.29, 1.82) is 0 Å². The summed E-state index contributed by atoms with van der Waals surface area (Å²) in [6.45, 7) is 0. The van der Waals surface area contributed by atoms with Gasteiger partial charge in [0, 0.05) is 0 Å². The topological polar surface area (TPSA) is 37.3 Å². The van der Waals surface area contributed by atoms with Crippen molar-refractivity contribution in [2.75, 3.05) is 0 Å². The normalized spacial score (nSPS) is 13.3. The first-order valence-electron chi connectivity index (χ1n) is 4.08. The van der Waals surface area contributed by atoms with Gasteiger partial charge >= 0.3 is 5.97 Å². The van der Waals surface area contributed by atoms with Crippen LogP contribution in [0, 0.1) is 0 Å². The molecule has 1 aliphatic carbocycles. The van der Waals surface area contributed by atoms with Gasteiger partial charge in [-0.1, -0.05) is 18.2 Å². The van der Waals surface area contributed by atoms with Crippen LogP contribution in [0.15, 0.2) is 18.2 Å². The summed E-state index contributed by atoms with van der Waals surface area (Å²) in [4.78, 5) is 10.4. The predicted molar refractivity (Wildman–Crippen MR) is 45.2 cm³/mol. The largest absolute Gasteiger partial charge is 0.481 e. The number of hydrogen-bond donors (Lipinski definition) is 1. The summed E-state index contributed by atoms with van der Waals surface area (Å²) < 4.78 is 0. The second-order valence-corrected chi connectivity index (χ2v) is 3.17. The lowest BCUT2D eigenvalue weighted by atomic mass is 9.87. The molecule has 0 aromatic heterocycles. The van der Waals surface area contributed by atoms with Gasteiger partial charge in [0.25, 0.3) is 0 Å². The number of carboxylic acids is 1. The molecular formula is C10H10O2. The van der Waals surface area contributed by atoms with Gasteiger partial charge in [-0.25, -0.2) is 0 Å². The van der Waals surface area contributed by atoms with E-state index >= 15 is 0 Å². The summed E-state index contributed by atoms with van der Waals surface area (Å²) in [6.07, 6.45) is 2.42. The number of rotatable bonds is 2. The molecule has 0 aliphatic heterocycles. The van der Waals surface area contributed by atoms with Crippen molar-refractivity contribution in [2.24, 2.45) is 0 Å². The molecule has 1 aromatic rings. The summed E-state index contributed by atoms with van der Waals surface area (Å²) in [5.41, 5.74) is 3.62. The fourth-order valence-corrected chi connectivity index (χ4v) is 1.53. The molecule has 0 fully saturated rings. The first-order chi connectivity index (χ1) is 5.75. The molecule has 0 saturated heterocycles. The number of benzene rings is 1. The third kappa shape index (κ3) is 1.20. The second kappa shape index (κ2) is 2.63. The highest BCUT2D eigenvalue weighted by Crippen LogP contribution is 2.23. The van der Waals surface area contributed by atoms with Crippen LogP contribution in [0.25, 0.3) is 0 Å². The molecule has 0 amide bonds. The van der Waals surface area contributed by atoms with E-state index in [1.54, 1.807) is 0 Å². The molecule has 2 heteroatoms. The van der Waals surface area contributed by atoms with E-state index < -0.39 is 5.97 Å². The standard InChI is InChI=1S/C10H10O2/c11-10(12)6-7-1-2-8-3-4-9(8)5-7/h1-2,5H,3-4,6H2,(H,11,12). The molecule has 0 heterocycles. The van der Waals surface area contributed by atoms with E-state index in [2.05, 4.69) is 0 Å². The smallest absolute Gasteiger partial charge is 0.307 e. The lowest BCUT2D eigenvalue weighted by Crippen LogP contribution is -2.09. The average Bonchev–Trinajstić information content (AvgIpc) is 1.94. The van der Waals surface area contributed by atoms with Crippen LogP contribution in [0.4, 0.5) is 0 Å².